The van der Waals surface area contributed by atoms with E-state index in [-0.39, 0.29) is 0 Å². The third-order valence-electron chi connectivity index (χ3n) is 3.55. The number of nitrogens with one attached hydrogen (secondary N) is 1. The van der Waals surface area contributed by atoms with Gasteiger partial charge in [-0.3, -0.25) is 4.79 Å². The zero-order chi connectivity index (χ0) is 9.97. The second kappa shape index (κ2) is 4.30. The van der Waals surface area contributed by atoms with Gasteiger partial charge in [0, 0.05) is 25.6 Å². The zero-order valence-corrected chi connectivity index (χ0v) is 8.96. The Bertz CT molecular complexity index is 217. The van der Waals surface area contributed by atoms with E-state index in [4.69, 9.17) is 0 Å². The Hall–Kier alpha value is -0.570. The van der Waals surface area contributed by atoms with Crippen LogP contribution >= 0.6 is 0 Å². The van der Waals surface area contributed by atoms with E-state index in [1.54, 1.807) is 0 Å². The average Bonchev–Trinajstić information content (AvgIpc) is 2.56. The van der Waals surface area contributed by atoms with Gasteiger partial charge >= 0.3 is 0 Å². The van der Waals surface area contributed by atoms with E-state index in [0.29, 0.717) is 17.9 Å². The molecule has 1 N–H and O–H groups in total. The number of likely N-dealkylation sites (tertiary alicyclic amines) is 1. The maximum atomic E-state index is 11.5. The summed E-state index contributed by atoms with van der Waals surface area (Å²) in [5.41, 5.74) is 0. The first-order chi connectivity index (χ1) is 6.77. The molecule has 0 radical (unpaired) electrons. The summed E-state index contributed by atoms with van der Waals surface area (Å²) in [6.07, 6.45) is 4.37. The minimum absolute atomic E-state index is 0.364. The number of hydrogen-bond donors (Lipinski definition) is 1. The molecule has 0 aromatic heterocycles. The first-order valence-corrected chi connectivity index (χ1v) is 5.78. The monoisotopic (exact) mass is 196 g/mol. The molecule has 3 nitrogen and oxygen atoms in total. The highest BCUT2D eigenvalue weighted by Crippen LogP contribution is 2.20. The van der Waals surface area contributed by atoms with Gasteiger partial charge in [0.2, 0.25) is 5.91 Å². The van der Waals surface area contributed by atoms with Gasteiger partial charge in [-0.1, -0.05) is 0 Å². The van der Waals surface area contributed by atoms with Crippen LogP contribution in [0.25, 0.3) is 0 Å². The SMILES string of the molecule is CC1NCCCC1CN1CCCC1=O. The van der Waals surface area contributed by atoms with E-state index in [1.807, 2.05) is 4.90 Å². The summed E-state index contributed by atoms with van der Waals surface area (Å²) in [7, 11) is 0. The van der Waals surface area contributed by atoms with E-state index < -0.39 is 0 Å². The Balaban J connectivity index is 1.86. The molecule has 0 bridgehead atoms. The molecule has 80 valence electrons. The normalized spacial score (nSPS) is 33.8. The van der Waals surface area contributed by atoms with Crippen LogP contribution in [-0.4, -0.2) is 36.5 Å². The molecule has 2 aliphatic heterocycles. The minimum atomic E-state index is 0.364. The van der Waals surface area contributed by atoms with Gasteiger partial charge in [-0.2, -0.15) is 0 Å². The fourth-order valence-corrected chi connectivity index (χ4v) is 2.54. The van der Waals surface area contributed by atoms with Gasteiger partial charge in [0.25, 0.3) is 0 Å². The van der Waals surface area contributed by atoms with Gasteiger partial charge in [0.15, 0.2) is 0 Å². The molecule has 2 aliphatic rings. The Labute approximate surface area is 85.8 Å². The van der Waals surface area contributed by atoms with Crippen LogP contribution in [0.1, 0.15) is 32.6 Å². The largest absolute Gasteiger partial charge is 0.342 e. The molecule has 2 rings (SSSR count). The van der Waals surface area contributed by atoms with Crippen molar-refractivity contribution < 1.29 is 4.79 Å². The molecule has 2 saturated heterocycles. The van der Waals surface area contributed by atoms with Crippen molar-refractivity contribution in [2.45, 2.75) is 38.6 Å². The summed E-state index contributed by atoms with van der Waals surface area (Å²) < 4.78 is 0. The van der Waals surface area contributed by atoms with Gasteiger partial charge in [-0.25, -0.2) is 0 Å². The summed E-state index contributed by atoms with van der Waals surface area (Å²) in [5.74, 6) is 1.04. The lowest BCUT2D eigenvalue weighted by Crippen LogP contribution is -2.44. The predicted octanol–water partition coefficient (Wildman–Crippen LogP) is 0.997. The summed E-state index contributed by atoms with van der Waals surface area (Å²) in [6.45, 7) is 5.35. The number of carbonyl (C=O) groups is 1. The van der Waals surface area contributed by atoms with Crippen molar-refractivity contribution in [2.75, 3.05) is 19.6 Å². The van der Waals surface area contributed by atoms with E-state index in [9.17, 15) is 4.79 Å². The smallest absolute Gasteiger partial charge is 0.222 e. The lowest BCUT2D eigenvalue weighted by molar-refractivity contribution is -0.128. The first kappa shape index (κ1) is 9.97. The Morgan fingerprint density at radius 3 is 3.00 bits per heavy atom. The second-order valence-electron chi connectivity index (χ2n) is 4.59. The molecule has 2 unspecified atom stereocenters. The lowest BCUT2D eigenvalue weighted by atomic mass is 9.91. The molecular weight excluding hydrogens is 176 g/mol. The highest BCUT2D eigenvalue weighted by molar-refractivity contribution is 5.78. The van der Waals surface area contributed by atoms with Crippen LogP contribution in [0.3, 0.4) is 0 Å². The number of amides is 1. The van der Waals surface area contributed by atoms with Crippen molar-refractivity contribution in [1.82, 2.24) is 10.2 Å². The fourth-order valence-electron chi connectivity index (χ4n) is 2.54. The number of rotatable bonds is 2. The summed E-state index contributed by atoms with van der Waals surface area (Å²) in [5, 5.41) is 3.48. The predicted molar refractivity (Wildman–Crippen MR) is 56.0 cm³/mol. The third kappa shape index (κ3) is 2.08. The van der Waals surface area contributed by atoms with Crippen molar-refractivity contribution in [1.29, 1.82) is 0 Å². The van der Waals surface area contributed by atoms with Crippen LogP contribution < -0.4 is 5.32 Å². The van der Waals surface area contributed by atoms with Gasteiger partial charge in [0.1, 0.15) is 0 Å². The second-order valence-corrected chi connectivity index (χ2v) is 4.59. The number of nitrogens with zero attached hydrogens (tertiary/aromatic N) is 1. The molecule has 14 heavy (non-hydrogen) atoms. The van der Waals surface area contributed by atoms with Gasteiger partial charge in [-0.15, -0.1) is 0 Å². The number of carbonyl (C=O) groups excluding carboxylic acids is 1. The third-order valence-corrected chi connectivity index (χ3v) is 3.55. The molecule has 2 atom stereocenters. The number of hydrogen-bond acceptors (Lipinski definition) is 2. The van der Waals surface area contributed by atoms with Crippen molar-refractivity contribution in [3.8, 4) is 0 Å². The molecule has 0 spiro atoms. The van der Waals surface area contributed by atoms with Crippen LogP contribution in [0.5, 0.6) is 0 Å². The molecule has 0 aromatic rings. The highest BCUT2D eigenvalue weighted by Gasteiger charge is 2.27. The molecule has 0 aliphatic carbocycles. The molecule has 0 saturated carbocycles. The minimum Gasteiger partial charge on any atom is -0.342 e. The molecule has 3 heteroatoms. The van der Waals surface area contributed by atoms with Gasteiger partial charge < -0.3 is 10.2 Å². The van der Waals surface area contributed by atoms with Crippen LogP contribution in [0.4, 0.5) is 0 Å². The van der Waals surface area contributed by atoms with E-state index in [1.165, 1.54) is 12.8 Å². The van der Waals surface area contributed by atoms with Crippen LogP contribution in [0.2, 0.25) is 0 Å². The Morgan fingerprint density at radius 1 is 1.50 bits per heavy atom. The first-order valence-electron chi connectivity index (χ1n) is 5.78. The summed E-state index contributed by atoms with van der Waals surface area (Å²) >= 11 is 0. The zero-order valence-electron chi connectivity index (χ0n) is 8.96. The lowest BCUT2D eigenvalue weighted by Gasteiger charge is -2.32. The van der Waals surface area contributed by atoms with Crippen molar-refractivity contribution in [3.63, 3.8) is 0 Å². The molecule has 1 amide bonds. The van der Waals surface area contributed by atoms with Crippen molar-refractivity contribution >= 4 is 5.91 Å². The molecule has 2 fully saturated rings. The van der Waals surface area contributed by atoms with Crippen LogP contribution in [0.15, 0.2) is 0 Å². The number of piperidine rings is 1. The van der Waals surface area contributed by atoms with Gasteiger partial charge in [-0.05, 0) is 38.6 Å². The standard InChI is InChI=1S/C11H20N2O/c1-9-10(4-2-6-12-9)8-13-7-3-5-11(13)14/h9-10,12H,2-8H2,1H3. The topological polar surface area (TPSA) is 32.3 Å². The van der Waals surface area contributed by atoms with Crippen molar-refractivity contribution in [2.24, 2.45) is 5.92 Å². The Morgan fingerprint density at radius 2 is 2.36 bits per heavy atom. The maximum absolute atomic E-state index is 11.5. The van der Waals surface area contributed by atoms with E-state index >= 15 is 0 Å². The summed E-state index contributed by atoms with van der Waals surface area (Å²) in [4.78, 5) is 13.5. The van der Waals surface area contributed by atoms with Crippen LogP contribution in [-0.2, 0) is 4.79 Å². The van der Waals surface area contributed by atoms with E-state index in [0.717, 1.165) is 32.5 Å². The Kier molecular flexibility index (Phi) is 3.06. The molecule has 0 aromatic carbocycles. The quantitative estimate of drug-likeness (QED) is 0.714. The van der Waals surface area contributed by atoms with Crippen LogP contribution in [0, 0.1) is 5.92 Å². The maximum Gasteiger partial charge on any atom is 0.222 e. The average molecular weight is 196 g/mol. The van der Waals surface area contributed by atoms with E-state index in [2.05, 4.69) is 12.2 Å². The highest BCUT2D eigenvalue weighted by atomic mass is 16.2. The van der Waals surface area contributed by atoms with Gasteiger partial charge in [0.05, 0.1) is 0 Å². The fraction of sp³-hybridized carbons (Fsp3) is 0.909. The molecular formula is C11H20N2O. The van der Waals surface area contributed by atoms with Crippen molar-refractivity contribution in [3.05, 3.63) is 0 Å². The summed E-state index contributed by atoms with van der Waals surface area (Å²) in [6, 6.07) is 0.581. The molecule has 2 heterocycles.